The zero-order valence-electron chi connectivity index (χ0n) is 9.60. The average Bonchev–Trinajstić information content (AvgIpc) is 2.75. The van der Waals surface area contributed by atoms with Gasteiger partial charge in [-0.3, -0.25) is 4.79 Å². The molecule has 1 atom stereocenters. The number of rotatable bonds is 4. The molecule has 0 aromatic heterocycles. The van der Waals surface area contributed by atoms with Crippen LogP contribution in [0.4, 0.5) is 0 Å². The lowest BCUT2D eigenvalue weighted by Crippen LogP contribution is -2.33. The Morgan fingerprint density at radius 2 is 2.24 bits per heavy atom. The Morgan fingerprint density at radius 3 is 3.00 bits per heavy atom. The van der Waals surface area contributed by atoms with Crippen LogP contribution < -0.4 is 14.8 Å². The molecule has 5 nitrogen and oxygen atoms in total. The van der Waals surface area contributed by atoms with Crippen LogP contribution in [0.3, 0.4) is 0 Å². The van der Waals surface area contributed by atoms with E-state index in [0.717, 1.165) is 17.1 Å². The molecule has 0 saturated heterocycles. The van der Waals surface area contributed by atoms with Crippen LogP contribution in [0.2, 0.25) is 0 Å². The average molecular weight is 237 g/mol. The van der Waals surface area contributed by atoms with Gasteiger partial charge in [-0.2, -0.15) is 0 Å². The molecular formula is C12H15NO4. The highest BCUT2D eigenvalue weighted by Gasteiger charge is 2.13. The van der Waals surface area contributed by atoms with E-state index in [4.69, 9.17) is 14.6 Å². The number of fused-ring (bicyclic) bond motifs is 1. The lowest BCUT2D eigenvalue weighted by molar-refractivity contribution is -0.128. The number of nitrogens with one attached hydrogen (secondary N) is 1. The number of benzene rings is 1. The van der Waals surface area contributed by atoms with Gasteiger partial charge < -0.3 is 19.9 Å². The van der Waals surface area contributed by atoms with Crippen LogP contribution in [0.1, 0.15) is 12.5 Å². The third kappa shape index (κ3) is 2.88. The molecule has 0 saturated carbocycles. The maximum atomic E-state index is 11.1. The fourth-order valence-corrected chi connectivity index (χ4v) is 1.57. The van der Waals surface area contributed by atoms with E-state index >= 15 is 0 Å². The van der Waals surface area contributed by atoms with Gasteiger partial charge in [0.25, 0.3) is 0 Å². The Bertz CT molecular complexity index is 417. The SMILES string of the molecule is CC(O)C(=O)NCCc1ccc2c(c1)OCO2. The van der Waals surface area contributed by atoms with Crippen molar-refractivity contribution in [2.75, 3.05) is 13.3 Å². The number of amides is 1. The van der Waals surface area contributed by atoms with Crippen molar-refractivity contribution in [2.45, 2.75) is 19.4 Å². The van der Waals surface area contributed by atoms with Crippen LogP contribution in [0.5, 0.6) is 11.5 Å². The summed E-state index contributed by atoms with van der Waals surface area (Å²) >= 11 is 0. The molecule has 2 rings (SSSR count). The summed E-state index contributed by atoms with van der Waals surface area (Å²) in [6.45, 7) is 2.19. The highest BCUT2D eigenvalue weighted by molar-refractivity contribution is 5.79. The molecule has 92 valence electrons. The van der Waals surface area contributed by atoms with Gasteiger partial charge in [-0.05, 0) is 31.0 Å². The summed E-state index contributed by atoms with van der Waals surface area (Å²) in [5.74, 6) is 1.14. The summed E-state index contributed by atoms with van der Waals surface area (Å²) in [6, 6.07) is 5.69. The number of aliphatic hydroxyl groups is 1. The highest BCUT2D eigenvalue weighted by Crippen LogP contribution is 2.32. The van der Waals surface area contributed by atoms with Crippen LogP contribution in [0.15, 0.2) is 18.2 Å². The summed E-state index contributed by atoms with van der Waals surface area (Å²) in [7, 11) is 0. The second-order valence-electron chi connectivity index (χ2n) is 3.90. The van der Waals surface area contributed by atoms with E-state index < -0.39 is 6.10 Å². The van der Waals surface area contributed by atoms with Crippen molar-refractivity contribution >= 4 is 5.91 Å². The molecule has 1 unspecified atom stereocenters. The molecule has 5 heteroatoms. The Morgan fingerprint density at radius 1 is 1.47 bits per heavy atom. The van der Waals surface area contributed by atoms with Gasteiger partial charge in [0.15, 0.2) is 11.5 Å². The molecule has 1 amide bonds. The van der Waals surface area contributed by atoms with Gasteiger partial charge in [0.1, 0.15) is 6.10 Å². The predicted molar refractivity (Wildman–Crippen MR) is 61.0 cm³/mol. The van der Waals surface area contributed by atoms with Gasteiger partial charge in [-0.15, -0.1) is 0 Å². The molecular weight excluding hydrogens is 222 g/mol. The molecule has 17 heavy (non-hydrogen) atoms. The smallest absolute Gasteiger partial charge is 0.248 e. The predicted octanol–water partition coefficient (Wildman–Crippen LogP) is 0.455. The minimum Gasteiger partial charge on any atom is -0.454 e. The fraction of sp³-hybridized carbons (Fsp3) is 0.417. The van der Waals surface area contributed by atoms with Crippen LogP contribution in [-0.4, -0.2) is 30.5 Å². The minimum absolute atomic E-state index is 0.261. The lowest BCUT2D eigenvalue weighted by atomic mass is 10.1. The lowest BCUT2D eigenvalue weighted by Gasteiger charge is -2.07. The Labute approximate surface area is 99.3 Å². The molecule has 0 radical (unpaired) electrons. The molecule has 1 aromatic rings. The van der Waals surface area contributed by atoms with Crippen molar-refractivity contribution in [3.8, 4) is 11.5 Å². The summed E-state index contributed by atoms with van der Waals surface area (Å²) in [6.07, 6.45) is -0.276. The standard InChI is InChI=1S/C12H15NO4/c1-8(14)12(15)13-5-4-9-2-3-10-11(6-9)17-7-16-10/h2-3,6,8,14H,4-5,7H2,1H3,(H,13,15). The monoisotopic (exact) mass is 237 g/mol. The van der Waals surface area contributed by atoms with Crippen molar-refractivity contribution in [3.05, 3.63) is 23.8 Å². The van der Waals surface area contributed by atoms with Gasteiger partial charge in [0.2, 0.25) is 12.7 Å². The van der Waals surface area contributed by atoms with E-state index in [9.17, 15) is 4.79 Å². The van der Waals surface area contributed by atoms with Crippen LogP contribution in [0, 0.1) is 0 Å². The number of carbonyl (C=O) groups excluding carboxylic acids is 1. The molecule has 0 spiro atoms. The first-order valence-electron chi connectivity index (χ1n) is 5.51. The largest absolute Gasteiger partial charge is 0.454 e. The summed E-state index contributed by atoms with van der Waals surface area (Å²) in [5, 5.41) is 11.6. The van der Waals surface area contributed by atoms with Crippen LogP contribution in [-0.2, 0) is 11.2 Å². The topological polar surface area (TPSA) is 67.8 Å². The van der Waals surface area contributed by atoms with E-state index in [2.05, 4.69) is 5.32 Å². The first-order valence-corrected chi connectivity index (χ1v) is 5.51. The van der Waals surface area contributed by atoms with Gasteiger partial charge >= 0.3 is 0 Å². The quantitative estimate of drug-likeness (QED) is 0.798. The molecule has 2 N–H and O–H groups in total. The van der Waals surface area contributed by atoms with Crippen LogP contribution >= 0.6 is 0 Å². The second kappa shape index (κ2) is 5.05. The number of carbonyl (C=O) groups is 1. The molecule has 1 aliphatic rings. The highest BCUT2D eigenvalue weighted by atomic mass is 16.7. The first-order chi connectivity index (χ1) is 8.16. The van der Waals surface area contributed by atoms with Crippen molar-refractivity contribution in [2.24, 2.45) is 0 Å². The van der Waals surface area contributed by atoms with E-state index in [1.807, 2.05) is 18.2 Å². The molecule has 1 aliphatic heterocycles. The molecule has 0 bridgehead atoms. The third-order valence-electron chi connectivity index (χ3n) is 2.53. The Kier molecular flexibility index (Phi) is 3.49. The maximum Gasteiger partial charge on any atom is 0.248 e. The van der Waals surface area contributed by atoms with E-state index in [1.54, 1.807) is 0 Å². The van der Waals surface area contributed by atoms with Crippen LogP contribution in [0.25, 0.3) is 0 Å². The van der Waals surface area contributed by atoms with Gasteiger partial charge in [0.05, 0.1) is 0 Å². The molecule has 1 aromatic carbocycles. The third-order valence-corrected chi connectivity index (χ3v) is 2.53. The first kappa shape index (κ1) is 11.7. The number of ether oxygens (including phenoxy) is 2. The normalized spacial score (nSPS) is 14.5. The maximum absolute atomic E-state index is 11.1. The molecule has 0 fully saturated rings. The molecule has 1 heterocycles. The Balaban J connectivity index is 1.85. The zero-order valence-corrected chi connectivity index (χ0v) is 9.60. The summed E-state index contributed by atoms with van der Waals surface area (Å²) in [4.78, 5) is 11.1. The van der Waals surface area contributed by atoms with Crippen molar-refractivity contribution in [1.82, 2.24) is 5.32 Å². The fourth-order valence-electron chi connectivity index (χ4n) is 1.57. The van der Waals surface area contributed by atoms with E-state index in [-0.39, 0.29) is 12.7 Å². The van der Waals surface area contributed by atoms with Crippen molar-refractivity contribution in [3.63, 3.8) is 0 Å². The summed E-state index contributed by atoms with van der Waals surface area (Å²) in [5.41, 5.74) is 1.06. The molecule has 0 aliphatic carbocycles. The van der Waals surface area contributed by atoms with Crippen molar-refractivity contribution < 1.29 is 19.4 Å². The second-order valence-corrected chi connectivity index (χ2v) is 3.90. The summed E-state index contributed by atoms with van der Waals surface area (Å²) < 4.78 is 10.5. The van der Waals surface area contributed by atoms with E-state index in [1.165, 1.54) is 6.92 Å². The number of aliphatic hydroxyl groups excluding tert-OH is 1. The van der Waals surface area contributed by atoms with Gasteiger partial charge in [-0.1, -0.05) is 6.07 Å². The van der Waals surface area contributed by atoms with Gasteiger partial charge in [-0.25, -0.2) is 0 Å². The zero-order chi connectivity index (χ0) is 12.3. The van der Waals surface area contributed by atoms with Crippen molar-refractivity contribution in [1.29, 1.82) is 0 Å². The van der Waals surface area contributed by atoms with E-state index in [0.29, 0.717) is 13.0 Å². The number of hydrogen-bond acceptors (Lipinski definition) is 4. The minimum atomic E-state index is -0.966. The van der Waals surface area contributed by atoms with Gasteiger partial charge in [0, 0.05) is 6.54 Å². The Hall–Kier alpha value is -1.75. The number of hydrogen-bond donors (Lipinski definition) is 2.